The first-order chi connectivity index (χ1) is 7.62. The smallest absolute Gasteiger partial charge is 0.200 e. The lowest BCUT2D eigenvalue weighted by atomic mass is 10.0. The number of ether oxygens (including phenoxy) is 1. The Balaban J connectivity index is 3.04. The summed E-state index contributed by atoms with van der Waals surface area (Å²) >= 11 is 0. The summed E-state index contributed by atoms with van der Waals surface area (Å²) in [4.78, 5) is 0. The Kier molecular flexibility index (Phi) is 3.58. The van der Waals surface area contributed by atoms with Crippen LogP contribution in [-0.4, -0.2) is 17.3 Å². The van der Waals surface area contributed by atoms with Crippen LogP contribution in [0.1, 0.15) is 5.56 Å². The fraction of sp³-hybridized carbons (Fsp3) is 0.273. The van der Waals surface area contributed by atoms with Gasteiger partial charge in [0.1, 0.15) is 5.92 Å². The van der Waals surface area contributed by atoms with Crippen LogP contribution >= 0.6 is 0 Å². The van der Waals surface area contributed by atoms with Crippen molar-refractivity contribution in [3.8, 4) is 29.4 Å². The van der Waals surface area contributed by atoms with Gasteiger partial charge in [-0.15, -0.1) is 0 Å². The van der Waals surface area contributed by atoms with Gasteiger partial charge in [0.15, 0.2) is 11.5 Å². The van der Waals surface area contributed by atoms with Gasteiger partial charge in [-0.2, -0.15) is 10.5 Å². The standard InChI is InChI=1S/C11H10N2O3/c1-16-10-4-7(2-8(5-12)6-13)3-9(14)11(10)15/h3-4,8,14-15H,2H2,1H3. The second-order valence-corrected chi connectivity index (χ2v) is 3.18. The molecular formula is C11H10N2O3. The van der Waals surface area contributed by atoms with Crippen LogP contribution in [0.15, 0.2) is 12.1 Å². The third-order valence-corrected chi connectivity index (χ3v) is 2.09. The molecule has 0 aliphatic rings. The second kappa shape index (κ2) is 4.90. The van der Waals surface area contributed by atoms with Crippen LogP contribution in [0.25, 0.3) is 0 Å². The summed E-state index contributed by atoms with van der Waals surface area (Å²) in [6.07, 6.45) is 0.178. The molecule has 2 N–H and O–H groups in total. The lowest BCUT2D eigenvalue weighted by Crippen LogP contribution is -1.99. The number of nitrogens with zero attached hydrogens (tertiary/aromatic N) is 2. The number of phenols is 2. The molecule has 0 bridgehead atoms. The largest absolute Gasteiger partial charge is 0.504 e. The number of aromatic hydroxyl groups is 2. The fourth-order valence-corrected chi connectivity index (χ4v) is 1.28. The Morgan fingerprint density at radius 3 is 2.44 bits per heavy atom. The molecule has 0 aliphatic carbocycles. The van der Waals surface area contributed by atoms with Crippen molar-refractivity contribution in [2.24, 2.45) is 5.92 Å². The predicted octanol–water partition coefficient (Wildman–Crippen LogP) is 1.31. The van der Waals surface area contributed by atoms with Crippen LogP contribution in [0.4, 0.5) is 0 Å². The number of rotatable bonds is 3. The highest BCUT2D eigenvalue weighted by molar-refractivity contribution is 5.52. The van der Waals surface area contributed by atoms with Gasteiger partial charge < -0.3 is 14.9 Å². The van der Waals surface area contributed by atoms with Gasteiger partial charge >= 0.3 is 0 Å². The molecule has 0 fully saturated rings. The maximum Gasteiger partial charge on any atom is 0.200 e. The quantitative estimate of drug-likeness (QED) is 0.745. The molecule has 1 aromatic rings. The van der Waals surface area contributed by atoms with Crippen LogP contribution in [0, 0.1) is 28.6 Å². The summed E-state index contributed by atoms with van der Waals surface area (Å²) in [5.41, 5.74) is 0.556. The van der Waals surface area contributed by atoms with Crippen LogP contribution in [0.5, 0.6) is 17.2 Å². The van der Waals surface area contributed by atoms with E-state index in [4.69, 9.17) is 15.3 Å². The molecule has 0 saturated carbocycles. The maximum absolute atomic E-state index is 9.37. The number of nitriles is 2. The Hall–Kier alpha value is -2.40. The average molecular weight is 218 g/mol. The van der Waals surface area contributed by atoms with E-state index in [1.165, 1.54) is 19.2 Å². The lowest BCUT2D eigenvalue weighted by Gasteiger charge is -2.08. The minimum Gasteiger partial charge on any atom is -0.504 e. The normalized spacial score (nSPS) is 9.50. The molecular weight excluding hydrogens is 208 g/mol. The lowest BCUT2D eigenvalue weighted by molar-refractivity contribution is 0.350. The van der Waals surface area contributed by atoms with Gasteiger partial charge in [0.2, 0.25) is 5.75 Å². The van der Waals surface area contributed by atoms with Crippen molar-refractivity contribution in [1.29, 1.82) is 10.5 Å². The average Bonchev–Trinajstić information content (AvgIpc) is 2.30. The highest BCUT2D eigenvalue weighted by atomic mass is 16.5. The summed E-state index contributed by atoms with van der Waals surface area (Å²) in [7, 11) is 1.35. The zero-order chi connectivity index (χ0) is 12.1. The molecule has 0 aromatic heterocycles. The third-order valence-electron chi connectivity index (χ3n) is 2.09. The number of benzene rings is 1. The van der Waals surface area contributed by atoms with E-state index in [0.717, 1.165) is 0 Å². The molecule has 0 amide bonds. The first-order valence-corrected chi connectivity index (χ1v) is 4.50. The highest BCUT2D eigenvalue weighted by Gasteiger charge is 2.13. The molecule has 0 spiro atoms. The van der Waals surface area contributed by atoms with Gasteiger partial charge in [-0.05, 0) is 17.7 Å². The first-order valence-electron chi connectivity index (χ1n) is 4.50. The molecule has 1 rings (SSSR count). The zero-order valence-corrected chi connectivity index (χ0v) is 8.64. The molecule has 5 nitrogen and oxygen atoms in total. The molecule has 0 atom stereocenters. The van der Waals surface area contributed by atoms with Crippen molar-refractivity contribution in [3.63, 3.8) is 0 Å². The number of hydrogen-bond acceptors (Lipinski definition) is 5. The number of phenolic OH excluding ortho intramolecular Hbond substituents is 2. The number of methoxy groups -OCH3 is 1. The van der Waals surface area contributed by atoms with Crippen LogP contribution in [0.3, 0.4) is 0 Å². The van der Waals surface area contributed by atoms with E-state index in [0.29, 0.717) is 5.56 Å². The van der Waals surface area contributed by atoms with Crippen molar-refractivity contribution >= 4 is 0 Å². The Labute approximate surface area is 92.7 Å². The molecule has 1 aromatic carbocycles. The summed E-state index contributed by atoms with van der Waals surface area (Å²) in [5.74, 6) is -1.35. The van der Waals surface area contributed by atoms with E-state index in [1.807, 2.05) is 12.1 Å². The van der Waals surface area contributed by atoms with Gasteiger partial charge in [-0.25, -0.2) is 0 Å². The predicted molar refractivity (Wildman–Crippen MR) is 54.7 cm³/mol. The Morgan fingerprint density at radius 2 is 1.94 bits per heavy atom. The van der Waals surface area contributed by atoms with Crippen LogP contribution < -0.4 is 4.74 Å². The van der Waals surface area contributed by atoms with Crippen molar-refractivity contribution in [1.82, 2.24) is 0 Å². The fourth-order valence-electron chi connectivity index (χ4n) is 1.28. The van der Waals surface area contributed by atoms with E-state index in [-0.39, 0.29) is 23.7 Å². The minimum atomic E-state index is -0.784. The van der Waals surface area contributed by atoms with E-state index in [2.05, 4.69) is 0 Å². The molecule has 16 heavy (non-hydrogen) atoms. The maximum atomic E-state index is 9.37. The molecule has 0 radical (unpaired) electrons. The molecule has 0 aliphatic heterocycles. The van der Waals surface area contributed by atoms with Gasteiger partial charge in [-0.1, -0.05) is 0 Å². The van der Waals surface area contributed by atoms with Gasteiger partial charge in [0, 0.05) is 6.42 Å². The monoisotopic (exact) mass is 218 g/mol. The van der Waals surface area contributed by atoms with Crippen molar-refractivity contribution in [2.75, 3.05) is 7.11 Å². The molecule has 0 unspecified atom stereocenters. The zero-order valence-electron chi connectivity index (χ0n) is 8.64. The number of hydrogen-bond donors (Lipinski definition) is 2. The highest BCUT2D eigenvalue weighted by Crippen LogP contribution is 2.36. The van der Waals surface area contributed by atoms with E-state index in [1.54, 1.807) is 0 Å². The van der Waals surface area contributed by atoms with Crippen LogP contribution in [0.2, 0.25) is 0 Å². The van der Waals surface area contributed by atoms with Crippen molar-refractivity contribution in [2.45, 2.75) is 6.42 Å². The summed E-state index contributed by atoms with van der Waals surface area (Å²) < 4.78 is 4.84. The Bertz CT molecular complexity index is 457. The summed E-state index contributed by atoms with van der Waals surface area (Å²) in [6, 6.07) is 6.44. The molecule has 5 heteroatoms. The minimum absolute atomic E-state index is 0.115. The second-order valence-electron chi connectivity index (χ2n) is 3.18. The van der Waals surface area contributed by atoms with E-state index >= 15 is 0 Å². The molecule has 82 valence electrons. The SMILES string of the molecule is COc1cc(CC(C#N)C#N)cc(O)c1O. The van der Waals surface area contributed by atoms with Gasteiger partial charge in [0.25, 0.3) is 0 Å². The van der Waals surface area contributed by atoms with Crippen molar-refractivity contribution < 1.29 is 14.9 Å². The van der Waals surface area contributed by atoms with Crippen LogP contribution in [-0.2, 0) is 6.42 Å². The summed E-state index contributed by atoms with van der Waals surface area (Å²) in [6.45, 7) is 0. The van der Waals surface area contributed by atoms with Crippen molar-refractivity contribution in [3.05, 3.63) is 17.7 Å². The van der Waals surface area contributed by atoms with E-state index in [9.17, 15) is 10.2 Å². The summed E-state index contributed by atoms with van der Waals surface area (Å²) in [5, 5.41) is 36.0. The topological polar surface area (TPSA) is 97.3 Å². The van der Waals surface area contributed by atoms with Gasteiger partial charge in [0.05, 0.1) is 19.2 Å². The Morgan fingerprint density at radius 1 is 1.31 bits per heavy atom. The van der Waals surface area contributed by atoms with Gasteiger partial charge in [-0.3, -0.25) is 0 Å². The third kappa shape index (κ3) is 2.34. The molecule has 0 heterocycles. The molecule has 0 saturated heterocycles. The van der Waals surface area contributed by atoms with E-state index < -0.39 is 5.92 Å². The first kappa shape index (κ1) is 11.7.